The van der Waals surface area contributed by atoms with E-state index in [2.05, 4.69) is 24.0 Å². The van der Waals surface area contributed by atoms with E-state index in [-0.39, 0.29) is 5.60 Å². The summed E-state index contributed by atoms with van der Waals surface area (Å²) in [4.78, 5) is 0. The van der Waals surface area contributed by atoms with Crippen molar-refractivity contribution in [3.63, 3.8) is 0 Å². The average Bonchev–Trinajstić information content (AvgIpc) is 3.03. The van der Waals surface area contributed by atoms with Gasteiger partial charge in [-0.15, -0.1) is 0 Å². The molecule has 2 heterocycles. The van der Waals surface area contributed by atoms with Gasteiger partial charge in [-0.1, -0.05) is 0 Å². The molecule has 2 aliphatic heterocycles. The second-order valence-electron chi connectivity index (χ2n) is 5.82. The van der Waals surface area contributed by atoms with Gasteiger partial charge in [0.05, 0.1) is 5.60 Å². The maximum Gasteiger partial charge on any atom is 0.0795 e. The van der Waals surface area contributed by atoms with Crippen LogP contribution in [0.3, 0.4) is 0 Å². The summed E-state index contributed by atoms with van der Waals surface area (Å²) in [5.41, 5.74) is 0.240. The number of rotatable bonds is 3. The summed E-state index contributed by atoms with van der Waals surface area (Å²) < 4.78 is 6.05. The Bertz CT molecular complexity index is 248. The van der Waals surface area contributed by atoms with Crippen LogP contribution in [-0.2, 0) is 4.74 Å². The number of hydrogen-bond donors (Lipinski definition) is 1. The van der Waals surface area contributed by atoms with Crippen LogP contribution in [0.2, 0.25) is 0 Å². The SMILES string of the molecule is CC(NC1CCOC2(CCSC2)C1)C1CC1. The van der Waals surface area contributed by atoms with Crippen LogP contribution in [0.1, 0.15) is 39.0 Å². The maximum atomic E-state index is 6.05. The summed E-state index contributed by atoms with van der Waals surface area (Å²) in [6.45, 7) is 3.33. The van der Waals surface area contributed by atoms with Crippen LogP contribution in [-0.4, -0.2) is 35.8 Å². The van der Waals surface area contributed by atoms with Crippen LogP contribution in [0.4, 0.5) is 0 Å². The molecule has 3 unspecified atom stereocenters. The van der Waals surface area contributed by atoms with Gasteiger partial charge in [-0.3, -0.25) is 0 Å². The van der Waals surface area contributed by atoms with Crippen LogP contribution in [0.15, 0.2) is 0 Å². The Kier molecular flexibility index (Phi) is 3.20. The van der Waals surface area contributed by atoms with Crippen LogP contribution in [0.25, 0.3) is 0 Å². The Labute approximate surface area is 103 Å². The molecule has 3 heteroatoms. The van der Waals surface area contributed by atoms with Crippen LogP contribution >= 0.6 is 11.8 Å². The summed E-state index contributed by atoms with van der Waals surface area (Å²) in [7, 11) is 0. The lowest BCUT2D eigenvalue weighted by atomic mass is 9.89. The van der Waals surface area contributed by atoms with Crippen LogP contribution < -0.4 is 5.32 Å². The minimum atomic E-state index is 0.240. The van der Waals surface area contributed by atoms with Gasteiger partial charge in [-0.05, 0) is 50.7 Å². The highest BCUT2D eigenvalue weighted by molar-refractivity contribution is 7.99. The molecule has 92 valence electrons. The Balaban J connectivity index is 1.54. The molecule has 0 aromatic heterocycles. The van der Waals surface area contributed by atoms with Gasteiger partial charge in [0, 0.05) is 24.4 Å². The van der Waals surface area contributed by atoms with Crippen molar-refractivity contribution >= 4 is 11.8 Å². The van der Waals surface area contributed by atoms with Crippen molar-refractivity contribution in [3.8, 4) is 0 Å². The van der Waals surface area contributed by atoms with Gasteiger partial charge in [0.15, 0.2) is 0 Å². The summed E-state index contributed by atoms with van der Waals surface area (Å²) in [5.74, 6) is 3.49. The third kappa shape index (κ3) is 2.41. The average molecular weight is 241 g/mol. The molecule has 2 nitrogen and oxygen atoms in total. The van der Waals surface area contributed by atoms with Crippen LogP contribution in [0, 0.1) is 5.92 Å². The highest BCUT2D eigenvalue weighted by atomic mass is 32.2. The van der Waals surface area contributed by atoms with Crippen LogP contribution in [0.5, 0.6) is 0 Å². The van der Waals surface area contributed by atoms with E-state index in [0.717, 1.165) is 18.6 Å². The van der Waals surface area contributed by atoms with E-state index in [4.69, 9.17) is 4.74 Å². The normalized spacial score (nSPS) is 41.4. The molecule has 0 bridgehead atoms. The van der Waals surface area contributed by atoms with Gasteiger partial charge < -0.3 is 10.1 Å². The molecule has 0 radical (unpaired) electrons. The van der Waals surface area contributed by atoms with Gasteiger partial charge in [0.1, 0.15) is 0 Å². The zero-order valence-electron chi connectivity index (χ0n) is 10.2. The lowest BCUT2D eigenvalue weighted by Crippen LogP contribution is -2.49. The number of thioether (sulfide) groups is 1. The smallest absolute Gasteiger partial charge is 0.0795 e. The van der Waals surface area contributed by atoms with E-state index in [0.29, 0.717) is 6.04 Å². The van der Waals surface area contributed by atoms with Gasteiger partial charge in [-0.25, -0.2) is 0 Å². The van der Waals surface area contributed by atoms with Crippen molar-refractivity contribution in [1.29, 1.82) is 0 Å². The minimum Gasteiger partial charge on any atom is -0.374 e. The Hall–Kier alpha value is 0.270. The number of ether oxygens (including phenoxy) is 1. The van der Waals surface area contributed by atoms with Crippen molar-refractivity contribution in [2.45, 2.75) is 56.7 Å². The predicted octanol–water partition coefficient (Wildman–Crippen LogP) is 2.43. The fourth-order valence-corrected chi connectivity index (χ4v) is 4.52. The summed E-state index contributed by atoms with van der Waals surface area (Å²) in [5, 5.41) is 3.84. The van der Waals surface area contributed by atoms with E-state index < -0.39 is 0 Å². The summed E-state index contributed by atoms with van der Waals surface area (Å²) in [6, 6.07) is 1.44. The lowest BCUT2D eigenvalue weighted by molar-refractivity contribution is -0.0713. The molecular weight excluding hydrogens is 218 g/mol. The number of hydrogen-bond acceptors (Lipinski definition) is 3. The Morgan fingerprint density at radius 1 is 1.38 bits per heavy atom. The lowest BCUT2D eigenvalue weighted by Gasteiger charge is -2.39. The zero-order valence-corrected chi connectivity index (χ0v) is 11.0. The van der Waals surface area contributed by atoms with Crippen molar-refractivity contribution in [2.75, 3.05) is 18.1 Å². The quantitative estimate of drug-likeness (QED) is 0.820. The fraction of sp³-hybridized carbons (Fsp3) is 1.00. The first-order valence-corrected chi connectivity index (χ1v) is 7.91. The molecule has 3 aliphatic rings. The predicted molar refractivity (Wildman–Crippen MR) is 69.0 cm³/mol. The van der Waals surface area contributed by atoms with Crippen molar-refractivity contribution in [1.82, 2.24) is 5.32 Å². The first-order chi connectivity index (χ1) is 7.77. The minimum absolute atomic E-state index is 0.240. The van der Waals surface area contributed by atoms with E-state index in [9.17, 15) is 0 Å². The van der Waals surface area contributed by atoms with Crippen molar-refractivity contribution in [3.05, 3.63) is 0 Å². The van der Waals surface area contributed by atoms with Gasteiger partial charge in [-0.2, -0.15) is 11.8 Å². The van der Waals surface area contributed by atoms with E-state index in [1.807, 2.05) is 0 Å². The molecule has 0 aromatic carbocycles. The second-order valence-corrected chi connectivity index (χ2v) is 6.92. The summed E-state index contributed by atoms with van der Waals surface area (Å²) in [6.07, 6.45) is 6.62. The standard InChI is InChI=1S/C13H23NOS/c1-10(11-2-3-11)14-12-4-6-15-13(8-12)5-7-16-9-13/h10-12,14H,2-9H2,1H3. The monoisotopic (exact) mass is 241 g/mol. The molecule has 3 rings (SSSR count). The van der Waals surface area contributed by atoms with E-state index >= 15 is 0 Å². The topological polar surface area (TPSA) is 21.3 Å². The summed E-state index contributed by atoms with van der Waals surface area (Å²) >= 11 is 2.07. The maximum absolute atomic E-state index is 6.05. The fourth-order valence-electron chi connectivity index (χ4n) is 3.14. The largest absolute Gasteiger partial charge is 0.374 e. The first kappa shape index (κ1) is 11.4. The molecule has 0 aromatic rings. The zero-order chi connectivity index (χ0) is 11.0. The molecule has 3 fully saturated rings. The molecule has 16 heavy (non-hydrogen) atoms. The molecule has 1 spiro atoms. The molecular formula is C13H23NOS. The van der Waals surface area contributed by atoms with E-state index in [1.165, 1.54) is 43.6 Å². The molecule has 2 saturated heterocycles. The van der Waals surface area contributed by atoms with Crippen molar-refractivity contribution in [2.24, 2.45) is 5.92 Å². The highest BCUT2D eigenvalue weighted by Gasteiger charge is 2.41. The second kappa shape index (κ2) is 4.51. The highest BCUT2D eigenvalue weighted by Crippen LogP contribution is 2.39. The Morgan fingerprint density at radius 3 is 2.94 bits per heavy atom. The Morgan fingerprint density at radius 2 is 2.25 bits per heavy atom. The first-order valence-electron chi connectivity index (χ1n) is 6.75. The van der Waals surface area contributed by atoms with Gasteiger partial charge in [0.25, 0.3) is 0 Å². The van der Waals surface area contributed by atoms with Gasteiger partial charge >= 0.3 is 0 Å². The molecule has 1 saturated carbocycles. The molecule has 1 N–H and O–H groups in total. The third-order valence-corrected chi connectivity index (χ3v) is 5.61. The molecule has 1 aliphatic carbocycles. The molecule has 3 atom stereocenters. The van der Waals surface area contributed by atoms with E-state index in [1.54, 1.807) is 0 Å². The van der Waals surface area contributed by atoms with Crippen molar-refractivity contribution < 1.29 is 4.74 Å². The molecule has 0 amide bonds. The number of nitrogens with one attached hydrogen (secondary N) is 1. The van der Waals surface area contributed by atoms with Gasteiger partial charge in [0.2, 0.25) is 0 Å². The third-order valence-electron chi connectivity index (χ3n) is 4.39.